The minimum atomic E-state index is -0.231. The molecule has 3 aromatic carbocycles. The molecule has 1 saturated carbocycles. The monoisotopic (exact) mass is 698 g/mol. The van der Waals surface area contributed by atoms with Crippen LogP contribution in [0.5, 0.6) is 0 Å². The maximum absolute atomic E-state index is 6.75. The van der Waals surface area contributed by atoms with Crippen LogP contribution in [0.1, 0.15) is 77.5 Å². The third-order valence-electron chi connectivity index (χ3n) is 11.8. The number of allylic oxidation sites excluding steroid dienone is 10. The molecule has 2 aliphatic heterocycles. The van der Waals surface area contributed by atoms with E-state index in [-0.39, 0.29) is 16.4 Å². The molecule has 0 spiro atoms. The van der Waals surface area contributed by atoms with Crippen LogP contribution in [-0.4, -0.2) is 28.9 Å². The van der Waals surface area contributed by atoms with E-state index in [1.807, 2.05) is 6.07 Å². The molecule has 5 aliphatic rings. The molecule has 2 atom stereocenters. The molecule has 50 heavy (non-hydrogen) atoms. The van der Waals surface area contributed by atoms with Crippen molar-refractivity contribution in [3.63, 3.8) is 0 Å². The molecule has 0 amide bonds. The smallest absolute Gasteiger partial charge is 0.212 e. The second kappa shape index (κ2) is 12.0. The van der Waals surface area contributed by atoms with E-state index in [1.54, 1.807) is 0 Å². The van der Waals surface area contributed by atoms with Crippen molar-refractivity contribution in [3.8, 4) is 0 Å². The fourth-order valence-corrected chi connectivity index (χ4v) is 9.74. The fourth-order valence-electron chi connectivity index (χ4n) is 9.22. The van der Waals surface area contributed by atoms with E-state index in [4.69, 9.17) is 23.2 Å². The molecule has 8 rings (SSSR count). The van der Waals surface area contributed by atoms with E-state index in [1.165, 1.54) is 62.0 Å². The molecule has 2 unspecified atom stereocenters. The Morgan fingerprint density at radius 3 is 2.06 bits per heavy atom. The lowest BCUT2D eigenvalue weighted by atomic mass is 9.83. The Hall–Kier alpha value is -4.05. The molecule has 5 heteroatoms. The number of fused-ring (bicyclic) bond motifs is 2. The maximum atomic E-state index is 6.75. The Morgan fingerprint density at radius 1 is 0.740 bits per heavy atom. The van der Waals surface area contributed by atoms with E-state index in [0.29, 0.717) is 0 Å². The number of hydrogen-bond acceptors (Lipinski definition) is 2. The second-order valence-corrected chi connectivity index (χ2v) is 15.9. The first-order valence-electron chi connectivity index (χ1n) is 18.1. The van der Waals surface area contributed by atoms with E-state index in [0.717, 1.165) is 42.4 Å². The zero-order chi connectivity index (χ0) is 35.0. The molecule has 3 aromatic rings. The van der Waals surface area contributed by atoms with Gasteiger partial charge in [0, 0.05) is 87.9 Å². The van der Waals surface area contributed by atoms with Crippen LogP contribution in [0.25, 0.3) is 0 Å². The Balaban J connectivity index is 1.31. The molecule has 2 heterocycles. The van der Waals surface area contributed by atoms with Gasteiger partial charge in [0.25, 0.3) is 0 Å². The molecule has 3 aliphatic carbocycles. The summed E-state index contributed by atoms with van der Waals surface area (Å²) in [4.78, 5) is 4.93. The van der Waals surface area contributed by atoms with Gasteiger partial charge in [0.2, 0.25) is 11.4 Å². The summed E-state index contributed by atoms with van der Waals surface area (Å²) in [5.74, 6) is 0. The largest absolute Gasteiger partial charge is 0.344 e. The summed E-state index contributed by atoms with van der Waals surface area (Å²) >= 11 is 13.3. The third kappa shape index (κ3) is 4.88. The van der Waals surface area contributed by atoms with Gasteiger partial charge in [-0.3, -0.25) is 0 Å². The van der Waals surface area contributed by atoms with E-state index in [2.05, 4.69) is 159 Å². The van der Waals surface area contributed by atoms with Crippen molar-refractivity contribution in [1.82, 2.24) is 0 Å². The van der Waals surface area contributed by atoms with Crippen LogP contribution in [0, 0.1) is 0 Å². The topological polar surface area (TPSA) is 9.49 Å². The molecule has 1 fully saturated rings. The van der Waals surface area contributed by atoms with Gasteiger partial charge in [-0.1, -0.05) is 85.6 Å². The minimum Gasteiger partial charge on any atom is -0.344 e. The number of halogens is 2. The Labute approximate surface area is 307 Å². The predicted molar refractivity (Wildman–Crippen MR) is 213 cm³/mol. The van der Waals surface area contributed by atoms with Gasteiger partial charge in [-0.25, -0.2) is 0 Å². The normalized spacial score (nSPS) is 28.4. The highest BCUT2D eigenvalue weighted by atomic mass is 35.5. The van der Waals surface area contributed by atoms with Crippen molar-refractivity contribution in [1.29, 1.82) is 0 Å². The first kappa shape index (κ1) is 33.1. The van der Waals surface area contributed by atoms with Crippen LogP contribution >= 0.6 is 23.2 Å². The van der Waals surface area contributed by atoms with Crippen LogP contribution in [0.15, 0.2) is 132 Å². The summed E-state index contributed by atoms with van der Waals surface area (Å²) in [5.41, 5.74) is 13.9. The molecule has 0 saturated heterocycles. The van der Waals surface area contributed by atoms with Gasteiger partial charge < -0.3 is 9.80 Å². The highest BCUT2D eigenvalue weighted by Gasteiger charge is 2.59. The van der Waals surface area contributed by atoms with Gasteiger partial charge >= 0.3 is 0 Å². The summed E-state index contributed by atoms with van der Waals surface area (Å²) in [7, 11) is 0. The van der Waals surface area contributed by atoms with E-state index in [9.17, 15) is 0 Å². The molecule has 254 valence electrons. The number of benzene rings is 3. The van der Waals surface area contributed by atoms with Crippen LogP contribution < -0.4 is 9.80 Å². The number of anilines is 2. The molecule has 0 bridgehead atoms. The quantitative estimate of drug-likeness (QED) is 0.237. The van der Waals surface area contributed by atoms with Crippen molar-refractivity contribution in [2.75, 3.05) is 22.9 Å². The fraction of sp³-hybridized carbons (Fsp3) is 0.311. The summed E-state index contributed by atoms with van der Waals surface area (Å²) in [6, 6.07) is 21.5. The second-order valence-electron chi connectivity index (χ2n) is 15.1. The lowest BCUT2D eigenvalue weighted by Gasteiger charge is -2.27. The number of likely N-dealkylation sites (N-methyl/N-ethyl adjacent to an activating group) is 2. The van der Waals surface area contributed by atoms with Crippen LogP contribution in [-0.2, 0) is 10.8 Å². The van der Waals surface area contributed by atoms with Gasteiger partial charge in [-0.15, -0.1) is 0 Å². The zero-order valence-corrected chi connectivity index (χ0v) is 31.5. The van der Waals surface area contributed by atoms with Crippen molar-refractivity contribution in [2.45, 2.75) is 77.2 Å². The van der Waals surface area contributed by atoms with Gasteiger partial charge in [0.05, 0.1) is 5.41 Å². The number of rotatable bonds is 6. The van der Waals surface area contributed by atoms with Crippen LogP contribution in [0.2, 0.25) is 10.0 Å². The summed E-state index contributed by atoms with van der Waals surface area (Å²) in [5, 5.41) is 1.67. The third-order valence-corrected chi connectivity index (χ3v) is 12.3. The highest BCUT2D eigenvalue weighted by Crippen LogP contribution is 2.67. The number of hydrogen-bond donors (Lipinski definition) is 0. The van der Waals surface area contributed by atoms with Crippen molar-refractivity contribution >= 4 is 46.0 Å². The zero-order valence-electron chi connectivity index (χ0n) is 30.0. The average Bonchev–Trinajstić information content (AvgIpc) is 3.32. The first-order valence-corrected chi connectivity index (χ1v) is 18.9. The summed E-state index contributed by atoms with van der Waals surface area (Å²) in [6.45, 7) is 15.7. The lowest BCUT2D eigenvalue weighted by Crippen LogP contribution is -2.39. The average molecular weight is 700 g/mol. The Bertz CT molecular complexity index is 2140. The lowest BCUT2D eigenvalue weighted by molar-refractivity contribution is -0.513. The van der Waals surface area contributed by atoms with Gasteiger partial charge in [-0.05, 0) is 98.9 Å². The van der Waals surface area contributed by atoms with Crippen molar-refractivity contribution < 1.29 is 4.58 Å². The van der Waals surface area contributed by atoms with Gasteiger partial charge in [-0.2, -0.15) is 4.58 Å². The van der Waals surface area contributed by atoms with E-state index < -0.39 is 0 Å². The van der Waals surface area contributed by atoms with Crippen LogP contribution in [0.4, 0.5) is 17.1 Å². The first-order chi connectivity index (χ1) is 24.0. The number of nitrogens with zero attached hydrogens (tertiary/aromatic N) is 3. The standard InChI is InChI=1S/C45H46Cl2N3/c1-7-48-36-23-21-32(46)29-34(36)43(3,4)38(48)25-19-30-17-18-31(20-26-39-45(6)40-35(47)22-24-37(41(40)45)49(39)8-2)42(30)50(33-15-11-9-12-16-33)44(5)27-13-10-14-28-44/h9-16,19-27,29H,7-8,17-18,28H2,1-6H3/q+1. The molecule has 0 N–H and O–H groups in total. The molecule has 0 radical (unpaired) electrons. The van der Waals surface area contributed by atoms with E-state index >= 15 is 0 Å². The van der Waals surface area contributed by atoms with Crippen LogP contribution in [0.3, 0.4) is 0 Å². The molecular formula is C45H46Cl2N3+. The minimum absolute atomic E-state index is 0.109. The highest BCUT2D eigenvalue weighted by molar-refractivity contribution is 6.33. The van der Waals surface area contributed by atoms with Crippen molar-refractivity contribution in [3.05, 3.63) is 159 Å². The Morgan fingerprint density at radius 2 is 1.40 bits per heavy atom. The SMILES string of the molecule is CCN1C(=CC=C2CC/C(=C\C=C3\N(CC)c4ccc(Cl)cc4C3(C)C)C2=[N+](c2ccccc2)C2(C)C=CC=CC2)C2(C)c3c(Cl)ccc1c32. The predicted octanol–water partition coefficient (Wildman–Crippen LogP) is 11.7. The summed E-state index contributed by atoms with van der Waals surface area (Å²) in [6.07, 6.45) is 21.5. The van der Waals surface area contributed by atoms with Gasteiger partial charge in [0.15, 0.2) is 5.54 Å². The molecule has 3 nitrogen and oxygen atoms in total. The maximum Gasteiger partial charge on any atom is 0.212 e. The Kier molecular flexibility index (Phi) is 7.97. The summed E-state index contributed by atoms with van der Waals surface area (Å²) < 4.78 is 2.61. The molecular weight excluding hydrogens is 653 g/mol. The number of para-hydroxylation sites is 1. The molecule has 0 aromatic heterocycles. The van der Waals surface area contributed by atoms with Gasteiger partial charge in [0.1, 0.15) is 0 Å². The van der Waals surface area contributed by atoms with Crippen molar-refractivity contribution in [2.24, 2.45) is 0 Å².